The number of fused-ring (bicyclic) bond motifs is 8. The Bertz CT molecular complexity index is 3220. The molecule has 0 aliphatic rings. The molecule has 0 bridgehead atoms. The van der Waals surface area contributed by atoms with Gasteiger partial charge >= 0.3 is 0 Å². The van der Waals surface area contributed by atoms with Crippen LogP contribution in [0.4, 0.5) is 0 Å². The second-order valence-corrected chi connectivity index (χ2v) is 13.5. The van der Waals surface area contributed by atoms with E-state index in [4.69, 9.17) is 23.8 Å². The molecule has 11 rings (SSSR count). The highest BCUT2D eigenvalue weighted by molar-refractivity contribution is 6.22. The monoisotopic (exact) mass is 691 g/mol. The molecule has 3 aromatic heterocycles. The normalized spacial score (nSPS) is 11.7. The highest BCUT2D eigenvalue weighted by atomic mass is 16.3. The van der Waals surface area contributed by atoms with Gasteiger partial charge in [-0.2, -0.15) is 0 Å². The summed E-state index contributed by atoms with van der Waals surface area (Å²) in [6.07, 6.45) is 0. The van der Waals surface area contributed by atoms with Crippen molar-refractivity contribution in [2.45, 2.75) is 0 Å². The van der Waals surface area contributed by atoms with Crippen molar-refractivity contribution in [3.8, 4) is 56.4 Å². The highest BCUT2D eigenvalue weighted by Gasteiger charge is 2.22. The number of benzene rings is 8. The van der Waals surface area contributed by atoms with Crippen LogP contribution in [0.3, 0.4) is 0 Å². The third-order valence-corrected chi connectivity index (χ3v) is 10.3. The maximum Gasteiger partial charge on any atom is 0.164 e. The third kappa shape index (κ3) is 4.83. The lowest BCUT2D eigenvalue weighted by Gasteiger charge is -2.11. The summed E-state index contributed by atoms with van der Waals surface area (Å²) in [5.41, 5.74) is 10.4. The number of furan rings is 2. The van der Waals surface area contributed by atoms with Gasteiger partial charge in [0.25, 0.3) is 0 Å². The van der Waals surface area contributed by atoms with Crippen LogP contribution in [0, 0.1) is 0 Å². The average molecular weight is 692 g/mol. The molecule has 0 radical (unpaired) electrons. The van der Waals surface area contributed by atoms with E-state index in [1.807, 2.05) is 54.6 Å². The number of para-hydroxylation sites is 1. The van der Waals surface area contributed by atoms with Gasteiger partial charge in [-0.3, -0.25) is 0 Å². The fourth-order valence-corrected chi connectivity index (χ4v) is 7.87. The Kier molecular flexibility index (Phi) is 6.79. The lowest BCUT2D eigenvalue weighted by molar-refractivity contribution is 0.669. The lowest BCUT2D eigenvalue weighted by Crippen LogP contribution is -2.01. The van der Waals surface area contributed by atoms with E-state index in [0.29, 0.717) is 17.5 Å². The molecule has 0 aliphatic heterocycles. The predicted octanol–water partition coefficient (Wildman–Crippen LogP) is 13.2. The van der Waals surface area contributed by atoms with E-state index in [1.54, 1.807) is 0 Å². The molecule has 11 aromatic rings. The van der Waals surface area contributed by atoms with Crippen molar-refractivity contribution in [1.82, 2.24) is 15.0 Å². The second kappa shape index (κ2) is 12.1. The van der Waals surface area contributed by atoms with E-state index in [9.17, 15) is 0 Å². The molecule has 5 heteroatoms. The molecule has 0 aliphatic carbocycles. The van der Waals surface area contributed by atoms with Crippen LogP contribution in [0.1, 0.15) is 0 Å². The summed E-state index contributed by atoms with van der Waals surface area (Å²) in [4.78, 5) is 15.8. The molecule has 0 N–H and O–H groups in total. The maximum atomic E-state index is 6.73. The zero-order valence-corrected chi connectivity index (χ0v) is 28.9. The van der Waals surface area contributed by atoms with Crippen LogP contribution >= 0.6 is 0 Å². The molecule has 0 atom stereocenters. The highest BCUT2D eigenvalue weighted by Crippen LogP contribution is 2.43. The standard InChI is InChI=1S/C49H29N3O2/c1-3-14-30(15-4-1)32-18-11-19-33(28-32)47-50-48(37-23-12-26-42-44(37)36-22-9-10-25-41(36)53-42)52-49(51-47)38-24-13-27-43-45(38)40-29-39(31-16-5-2-6-17-31)34-20-7-8-21-35(34)46(40)54-43/h1-29H. The van der Waals surface area contributed by atoms with E-state index in [1.165, 1.54) is 0 Å². The first-order valence-corrected chi connectivity index (χ1v) is 18.0. The van der Waals surface area contributed by atoms with Crippen molar-refractivity contribution in [2.24, 2.45) is 0 Å². The fraction of sp³-hybridized carbons (Fsp3) is 0. The van der Waals surface area contributed by atoms with Crippen LogP contribution in [0.25, 0.3) is 111 Å². The average Bonchev–Trinajstić information content (AvgIpc) is 3.83. The van der Waals surface area contributed by atoms with Gasteiger partial charge in [0.1, 0.15) is 22.3 Å². The van der Waals surface area contributed by atoms with Gasteiger partial charge in [0.2, 0.25) is 0 Å². The summed E-state index contributed by atoms with van der Waals surface area (Å²) in [5.74, 6) is 1.71. The van der Waals surface area contributed by atoms with Crippen LogP contribution in [0.2, 0.25) is 0 Å². The van der Waals surface area contributed by atoms with Crippen LogP contribution in [-0.2, 0) is 0 Å². The number of rotatable bonds is 5. The first-order chi connectivity index (χ1) is 26.8. The largest absolute Gasteiger partial charge is 0.456 e. The smallest absolute Gasteiger partial charge is 0.164 e. The quantitative estimate of drug-likeness (QED) is 0.180. The SMILES string of the molecule is c1ccc(-c2cccc(-c3nc(-c4cccc5oc6ccccc6c45)nc(-c4cccc5oc6c7ccccc7c(-c7ccccc7)cc6c45)n3)c2)cc1. The summed E-state index contributed by atoms with van der Waals surface area (Å²) in [5, 5.41) is 6.16. The zero-order chi connectivity index (χ0) is 35.6. The first-order valence-electron chi connectivity index (χ1n) is 18.0. The molecule has 0 saturated carbocycles. The zero-order valence-electron chi connectivity index (χ0n) is 28.9. The van der Waals surface area contributed by atoms with Crippen molar-refractivity contribution < 1.29 is 8.83 Å². The van der Waals surface area contributed by atoms with Crippen molar-refractivity contribution in [3.63, 3.8) is 0 Å². The van der Waals surface area contributed by atoms with Gasteiger partial charge in [0.05, 0.1) is 0 Å². The van der Waals surface area contributed by atoms with Crippen LogP contribution in [0.5, 0.6) is 0 Å². The minimum atomic E-state index is 0.563. The molecule has 252 valence electrons. The molecule has 0 unspecified atom stereocenters. The molecule has 8 aromatic carbocycles. The summed E-state index contributed by atoms with van der Waals surface area (Å²) in [6.45, 7) is 0. The molecular weight excluding hydrogens is 663 g/mol. The van der Waals surface area contributed by atoms with E-state index in [2.05, 4.69) is 121 Å². The Balaban J connectivity index is 1.21. The van der Waals surface area contributed by atoms with E-state index >= 15 is 0 Å². The summed E-state index contributed by atoms with van der Waals surface area (Å²) < 4.78 is 13.0. The van der Waals surface area contributed by atoms with Gasteiger partial charge in [0, 0.05) is 43.6 Å². The van der Waals surface area contributed by atoms with E-state index < -0.39 is 0 Å². The third-order valence-electron chi connectivity index (χ3n) is 10.3. The summed E-state index contributed by atoms with van der Waals surface area (Å²) >= 11 is 0. The van der Waals surface area contributed by atoms with Gasteiger partial charge in [0.15, 0.2) is 17.5 Å². The Hall–Kier alpha value is -7.37. The molecule has 0 amide bonds. The molecule has 0 saturated heterocycles. The van der Waals surface area contributed by atoms with Crippen molar-refractivity contribution in [1.29, 1.82) is 0 Å². The molecule has 3 heterocycles. The number of hydrogen-bond donors (Lipinski definition) is 0. The van der Waals surface area contributed by atoms with E-state index in [0.717, 1.165) is 93.6 Å². The molecular formula is C49H29N3O2. The van der Waals surface area contributed by atoms with Crippen molar-refractivity contribution in [3.05, 3.63) is 176 Å². The van der Waals surface area contributed by atoms with Crippen LogP contribution in [0.15, 0.2) is 185 Å². The van der Waals surface area contributed by atoms with Crippen LogP contribution in [-0.4, -0.2) is 15.0 Å². The van der Waals surface area contributed by atoms with Crippen LogP contribution < -0.4 is 0 Å². The lowest BCUT2D eigenvalue weighted by atomic mass is 9.94. The number of nitrogens with zero attached hydrogens (tertiary/aromatic N) is 3. The minimum absolute atomic E-state index is 0.563. The Morgan fingerprint density at radius 2 is 0.815 bits per heavy atom. The fourth-order valence-electron chi connectivity index (χ4n) is 7.87. The predicted molar refractivity (Wildman–Crippen MR) is 219 cm³/mol. The second-order valence-electron chi connectivity index (χ2n) is 13.5. The van der Waals surface area contributed by atoms with Gasteiger partial charge in [-0.05, 0) is 58.0 Å². The Morgan fingerprint density at radius 3 is 1.56 bits per heavy atom. The first kappa shape index (κ1) is 30.3. The summed E-state index contributed by atoms with van der Waals surface area (Å²) in [6, 6.07) is 60.3. The minimum Gasteiger partial charge on any atom is -0.456 e. The van der Waals surface area contributed by atoms with Gasteiger partial charge < -0.3 is 8.83 Å². The molecule has 54 heavy (non-hydrogen) atoms. The van der Waals surface area contributed by atoms with Gasteiger partial charge in [-0.15, -0.1) is 0 Å². The van der Waals surface area contributed by atoms with Gasteiger partial charge in [-0.25, -0.2) is 15.0 Å². The molecule has 0 spiro atoms. The van der Waals surface area contributed by atoms with Crippen molar-refractivity contribution in [2.75, 3.05) is 0 Å². The van der Waals surface area contributed by atoms with E-state index in [-0.39, 0.29) is 0 Å². The number of aromatic nitrogens is 3. The topological polar surface area (TPSA) is 65.0 Å². The Morgan fingerprint density at radius 1 is 0.296 bits per heavy atom. The summed E-state index contributed by atoms with van der Waals surface area (Å²) in [7, 11) is 0. The molecule has 0 fully saturated rings. The van der Waals surface area contributed by atoms with Crippen molar-refractivity contribution >= 4 is 54.6 Å². The molecule has 5 nitrogen and oxygen atoms in total. The maximum absolute atomic E-state index is 6.73. The Labute approximate surface area is 309 Å². The number of hydrogen-bond acceptors (Lipinski definition) is 5. The van der Waals surface area contributed by atoms with Gasteiger partial charge in [-0.1, -0.05) is 146 Å².